The third-order valence-electron chi connectivity index (χ3n) is 2.10. The van der Waals surface area contributed by atoms with Crippen LogP contribution >= 0.6 is 0 Å². The molecule has 0 atom stereocenters. The van der Waals surface area contributed by atoms with Gasteiger partial charge >= 0.3 is 0 Å². The van der Waals surface area contributed by atoms with E-state index in [1.54, 1.807) is 12.1 Å². The molecule has 0 fully saturated rings. The van der Waals surface area contributed by atoms with Crippen molar-refractivity contribution < 1.29 is 4.79 Å². The summed E-state index contributed by atoms with van der Waals surface area (Å²) < 4.78 is 0. The molecule has 1 aromatic heterocycles. The number of aromatic amines is 1. The monoisotopic (exact) mass is 203 g/mol. The van der Waals surface area contributed by atoms with E-state index in [1.165, 1.54) is 0 Å². The van der Waals surface area contributed by atoms with Crippen molar-refractivity contribution in [2.75, 3.05) is 0 Å². The van der Waals surface area contributed by atoms with Crippen LogP contribution in [0.1, 0.15) is 16.2 Å². The number of hydrogen-bond donors (Lipinski definition) is 2. The average Bonchev–Trinajstić information content (AvgIpc) is 2.16. The fourth-order valence-corrected chi connectivity index (χ4v) is 1.37. The number of nitrogens with zero attached hydrogens (tertiary/aromatic N) is 1. The van der Waals surface area contributed by atoms with Crippen molar-refractivity contribution in [1.29, 1.82) is 0 Å². The maximum absolute atomic E-state index is 11.5. The number of carbonyl (C=O) groups excluding carboxylic acids is 1. The van der Waals surface area contributed by atoms with E-state index in [9.17, 15) is 9.59 Å². The average molecular weight is 203 g/mol. The molecule has 0 aliphatic carbocycles. The van der Waals surface area contributed by atoms with Crippen molar-refractivity contribution in [3.05, 3.63) is 39.9 Å². The van der Waals surface area contributed by atoms with Crippen molar-refractivity contribution in [3.63, 3.8) is 0 Å². The Morgan fingerprint density at radius 3 is 2.87 bits per heavy atom. The Morgan fingerprint density at radius 1 is 1.47 bits per heavy atom. The molecule has 5 heteroatoms. The van der Waals surface area contributed by atoms with Crippen LogP contribution in [-0.4, -0.2) is 15.9 Å². The minimum atomic E-state index is -0.740. The number of nitrogens with one attached hydrogen (secondary N) is 1. The lowest BCUT2D eigenvalue weighted by molar-refractivity contribution is 0.0990. The van der Waals surface area contributed by atoms with Crippen LogP contribution in [0.2, 0.25) is 0 Å². The number of nitrogens with two attached hydrogens (primary N) is 1. The number of rotatable bonds is 1. The summed E-state index contributed by atoms with van der Waals surface area (Å²) in [6.45, 7) is 1.88. The van der Waals surface area contributed by atoms with Crippen molar-refractivity contribution in [3.8, 4) is 0 Å². The second kappa shape index (κ2) is 3.20. The number of H-pyrrole nitrogens is 1. The summed E-state index contributed by atoms with van der Waals surface area (Å²) in [5.74, 6) is -0.853. The van der Waals surface area contributed by atoms with Gasteiger partial charge in [-0.25, -0.2) is 4.98 Å². The molecule has 0 saturated heterocycles. The third kappa shape index (κ3) is 1.59. The molecule has 0 saturated carbocycles. The SMILES string of the molecule is Cc1ccc2c(=O)[nH]c(C(N)=O)nc2c1. The van der Waals surface area contributed by atoms with Gasteiger partial charge in [-0.1, -0.05) is 6.07 Å². The minimum Gasteiger partial charge on any atom is -0.363 e. The van der Waals surface area contributed by atoms with Crippen LogP contribution in [0, 0.1) is 6.92 Å². The molecule has 0 spiro atoms. The van der Waals surface area contributed by atoms with E-state index >= 15 is 0 Å². The highest BCUT2D eigenvalue weighted by Crippen LogP contribution is 2.09. The maximum Gasteiger partial charge on any atom is 0.284 e. The molecule has 2 aromatic rings. The zero-order valence-electron chi connectivity index (χ0n) is 8.07. The van der Waals surface area contributed by atoms with E-state index in [0.717, 1.165) is 5.56 Å². The third-order valence-corrected chi connectivity index (χ3v) is 2.10. The summed E-state index contributed by atoms with van der Waals surface area (Å²) in [6, 6.07) is 5.21. The van der Waals surface area contributed by atoms with Crippen LogP contribution in [0.15, 0.2) is 23.0 Å². The molecule has 0 unspecified atom stereocenters. The van der Waals surface area contributed by atoms with Gasteiger partial charge in [0.15, 0.2) is 5.82 Å². The van der Waals surface area contributed by atoms with Gasteiger partial charge in [-0.15, -0.1) is 0 Å². The fraction of sp³-hybridized carbons (Fsp3) is 0.100. The lowest BCUT2D eigenvalue weighted by Crippen LogP contribution is -2.21. The highest BCUT2D eigenvalue weighted by atomic mass is 16.1. The van der Waals surface area contributed by atoms with E-state index in [0.29, 0.717) is 10.9 Å². The molecule has 1 heterocycles. The molecule has 0 radical (unpaired) electrons. The Balaban J connectivity index is 2.85. The first kappa shape index (κ1) is 9.39. The topological polar surface area (TPSA) is 88.8 Å². The smallest absolute Gasteiger partial charge is 0.284 e. The van der Waals surface area contributed by atoms with Crippen LogP contribution in [-0.2, 0) is 0 Å². The van der Waals surface area contributed by atoms with Crippen molar-refractivity contribution in [2.24, 2.45) is 5.73 Å². The standard InChI is InChI=1S/C10H9N3O2/c1-5-2-3-6-7(4-5)12-9(8(11)14)13-10(6)15/h2-4H,1H3,(H2,11,14)(H,12,13,15). The van der Waals surface area contributed by atoms with Crippen LogP contribution in [0.4, 0.5) is 0 Å². The number of carbonyl (C=O) groups is 1. The molecule has 0 aliphatic heterocycles. The molecule has 0 aliphatic rings. The second-order valence-corrected chi connectivity index (χ2v) is 3.30. The van der Waals surface area contributed by atoms with Gasteiger partial charge in [-0.3, -0.25) is 9.59 Å². The summed E-state index contributed by atoms with van der Waals surface area (Å²) in [4.78, 5) is 28.7. The number of aromatic nitrogens is 2. The number of amides is 1. The molecule has 1 amide bonds. The summed E-state index contributed by atoms with van der Waals surface area (Å²) in [5, 5.41) is 0.450. The maximum atomic E-state index is 11.5. The molecular formula is C10H9N3O2. The van der Waals surface area contributed by atoms with Gasteiger partial charge in [0.25, 0.3) is 11.5 Å². The Bertz CT molecular complexity index is 601. The Morgan fingerprint density at radius 2 is 2.20 bits per heavy atom. The van der Waals surface area contributed by atoms with Gasteiger partial charge in [0.2, 0.25) is 0 Å². The zero-order chi connectivity index (χ0) is 11.0. The minimum absolute atomic E-state index is 0.113. The van der Waals surface area contributed by atoms with Gasteiger partial charge in [-0.2, -0.15) is 0 Å². The van der Waals surface area contributed by atoms with Crippen molar-refractivity contribution in [1.82, 2.24) is 9.97 Å². The Kier molecular flexibility index (Phi) is 2.00. The van der Waals surface area contributed by atoms with E-state index in [-0.39, 0.29) is 11.4 Å². The van der Waals surface area contributed by atoms with Crippen LogP contribution in [0.3, 0.4) is 0 Å². The lowest BCUT2D eigenvalue weighted by atomic mass is 10.2. The largest absolute Gasteiger partial charge is 0.363 e. The zero-order valence-corrected chi connectivity index (χ0v) is 8.07. The number of fused-ring (bicyclic) bond motifs is 1. The Hall–Kier alpha value is -2.17. The number of benzene rings is 1. The fourth-order valence-electron chi connectivity index (χ4n) is 1.37. The van der Waals surface area contributed by atoms with E-state index in [1.807, 2.05) is 13.0 Å². The van der Waals surface area contributed by atoms with Gasteiger partial charge < -0.3 is 10.7 Å². The summed E-state index contributed by atoms with van der Waals surface area (Å²) >= 11 is 0. The van der Waals surface area contributed by atoms with E-state index in [2.05, 4.69) is 9.97 Å². The number of aryl methyl sites for hydroxylation is 1. The van der Waals surface area contributed by atoms with Crippen LogP contribution in [0.5, 0.6) is 0 Å². The van der Waals surface area contributed by atoms with Crippen LogP contribution in [0.25, 0.3) is 10.9 Å². The molecule has 15 heavy (non-hydrogen) atoms. The molecule has 3 N–H and O–H groups in total. The number of primary amides is 1. The first-order valence-corrected chi connectivity index (χ1v) is 4.38. The predicted octanol–water partition coefficient (Wildman–Crippen LogP) is 0.330. The first-order chi connectivity index (χ1) is 7.08. The first-order valence-electron chi connectivity index (χ1n) is 4.38. The molecular weight excluding hydrogens is 194 g/mol. The van der Waals surface area contributed by atoms with Gasteiger partial charge in [0.05, 0.1) is 10.9 Å². The molecule has 0 bridgehead atoms. The summed E-state index contributed by atoms with van der Waals surface area (Å²) in [7, 11) is 0. The van der Waals surface area contributed by atoms with E-state index in [4.69, 9.17) is 5.73 Å². The lowest BCUT2D eigenvalue weighted by Gasteiger charge is -2.00. The Labute approximate surface area is 84.9 Å². The summed E-state index contributed by atoms with van der Waals surface area (Å²) in [6.07, 6.45) is 0. The van der Waals surface area contributed by atoms with Gasteiger partial charge in [0, 0.05) is 0 Å². The quantitative estimate of drug-likeness (QED) is 0.699. The normalized spacial score (nSPS) is 10.5. The van der Waals surface area contributed by atoms with Crippen LogP contribution < -0.4 is 11.3 Å². The molecule has 2 rings (SSSR count). The predicted molar refractivity (Wildman–Crippen MR) is 55.6 cm³/mol. The summed E-state index contributed by atoms with van der Waals surface area (Å²) in [5.41, 5.74) is 6.13. The highest BCUT2D eigenvalue weighted by molar-refractivity contribution is 5.91. The van der Waals surface area contributed by atoms with Crippen molar-refractivity contribution >= 4 is 16.8 Å². The van der Waals surface area contributed by atoms with E-state index < -0.39 is 5.91 Å². The molecule has 5 nitrogen and oxygen atoms in total. The van der Waals surface area contributed by atoms with Crippen molar-refractivity contribution in [2.45, 2.75) is 6.92 Å². The van der Waals surface area contributed by atoms with Gasteiger partial charge in [-0.05, 0) is 24.6 Å². The van der Waals surface area contributed by atoms with Gasteiger partial charge in [0.1, 0.15) is 0 Å². The molecule has 76 valence electrons. The second-order valence-electron chi connectivity index (χ2n) is 3.30. The molecule has 1 aromatic carbocycles. The highest BCUT2D eigenvalue weighted by Gasteiger charge is 2.07. The number of hydrogen-bond acceptors (Lipinski definition) is 3.